The first-order chi connectivity index (χ1) is 13.9. The number of Topliss-reactive ketones (excluding diaryl/α,β-unsaturated/α-hetero) is 1. The number of carbonyl (C=O) groups excluding carboxylic acids is 2. The number of carbonyl (C=O) groups is 2. The normalized spacial score (nSPS) is 12.3. The van der Waals surface area contributed by atoms with Crippen LogP contribution in [0.2, 0.25) is 0 Å². The van der Waals surface area contributed by atoms with Gasteiger partial charge in [0.15, 0.2) is 0 Å². The molecule has 148 valence electrons. The van der Waals surface area contributed by atoms with Crippen LogP contribution in [0.1, 0.15) is 25.3 Å². The van der Waals surface area contributed by atoms with Crippen molar-refractivity contribution in [3.8, 4) is 17.9 Å². The van der Waals surface area contributed by atoms with Crippen LogP contribution >= 0.6 is 0 Å². The molecule has 0 spiro atoms. The van der Waals surface area contributed by atoms with E-state index in [9.17, 15) is 24.5 Å². The van der Waals surface area contributed by atoms with Gasteiger partial charge in [0.1, 0.15) is 29.2 Å². The summed E-state index contributed by atoms with van der Waals surface area (Å²) in [6.45, 7) is 3.55. The molecule has 0 saturated heterocycles. The van der Waals surface area contributed by atoms with Gasteiger partial charge >= 0.3 is 0 Å². The lowest BCUT2D eigenvalue weighted by molar-refractivity contribution is -0.131. The SMILES string of the molecule is CCOc1ccc([C@@H](C(C#N)C#N)[C@@H](C(C)=O)C(=O)Nc2ccc(F)cc2)cc1. The van der Waals surface area contributed by atoms with Crippen LogP contribution in [0, 0.1) is 40.3 Å². The van der Waals surface area contributed by atoms with Crippen LogP contribution in [0.15, 0.2) is 48.5 Å². The summed E-state index contributed by atoms with van der Waals surface area (Å²) in [4.78, 5) is 25.3. The van der Waals surface area contributed by atoms with E-state index in [-0.39, 0.29) is 0 Å². The molecule has 0 aromatic heterocycles. The molecule has 2 rings (SSSR count). The van der Waals surface area contributed by atoms with Crippen molar-refractivity contribution in [1.82, 2.24) is 0 Å². The number of hydrogen-bond acceptors (Lipinski definition) is 5. The lowest BCUT2D eigenvalue weighted by Gasteiger charge is -2.26. The molecule has 1 amide bonds. The summed E-state index contributed by atoms with van der Waals surface area (Å²) < 4.78 is 18.5. The zero-order valence-electron chi connectivity index (χ0n) is 16.1. The molecule has 6 nitrogen and oxygen atoms in total. The van der Waals surface area contributed by atoms with Crippen LogP contribution in [0.25, 0.3) is 0 Å². The number of ether oxygens (including phenoxy) is 1. The van der Waals surface area contributed by atoms with Crippen molar-refractivity contribution >= 4 is 17.4 Å². The quantitative estimate of drug-likeness (QED) is 0.687. The van der Waals surface area contributed by atoms with Gasteiger partial charge in [0, 0.05) is 11.6 Å². The summed E-state index contributed by atoms with van der Waals surface area (Å²) >= 11 is 0. The Labute approximate surface area is 168 Å². The Balaban J connectivity index is 2.42. The van der Waals surface area contributed by atoms with Gasteiger partial charge in [0.25, 0.3) is 0 Å². The summed E-state index contributed by atoms with van der Waals surface area (Å²) in [5.41, 5.74) is 0.801. The summed E-state index contributed by atoms with van der Waals surface area (Å²) in [6, 6.07) is 15.4. The minimum absolute atomic E-state index is 0.304. The highest BCUT2D eigenvalue weighted by Crippen LogP contribution is 2.34. The molecule has 0 aliphatic rings. The number of hydrogen-bond donors (Lipinski definition) is 1. The van der Waals surface area contributed by atoms with E-state index in [1.54, 1.807) is 24.3 Å². The van der Waals surface area contributed by atoms with Crippen molar-refractivity contribution in [2.75, 3.05) is 11.9 Å². The van der Waals surface area contributed by atoms with Gasteiger partial charge in [0.05, 0.1) is 18.7 Å². The van der Waals surface area contributed by atoms with Gasteiger partial charge in [-0.25, -0.2) is 4.39 Å². The number of rotatable bonds is 8. The topological polar surface area (TPSA) is 103 Å². The molecule has 7 heteroatoms. The highest BCUT2D eigenvalue weighted by atomic mass is 19.1. The third-order valence-corrected chi connectivity index (χ3v) is 4.40. The fourth-order valence-corrected chi connectivity index (χ4v) is 3.07. The van der Waals surface area contributed by atoms with Crippen LogP contribution in [0.4, 0.5) is 10.1 Å². The first kappa shape index (κ1) is 21.6. The first-order valence-electron chi connectivity index (χ1n) is 9.00. The van der Waals surface area contributed by atoms with E-state index < -0.39 is 35.3 Å². The number of anilines is 1. The monoisotopic (exact) mass is 393 g/mol. The largest absolute Gasteiger partial charge is 0.494 e. The van der Waals surface area contributed by atoms with Crippen LogP contribution in [-0.4, -0.2) is 18.3 Å². The molecule has 2 aromatic carbocycles. The van der Waals surface area contributed by atoms with Crippen LogP contribution in [0.3, 0.4) is 0 Å². The fourth-order valence-electron chi connectivity index (χ4n) is 3.07. The van der Waals surface area contributed by atoms with Gasteiger partial charge in [-0.2, -0.15) is 10.5 Å². The molecule has 0 saturated carbocycles. The second kappa shape index (κ2) is 10.0. The van der Waals surface area contributed by atoms with E-state index in [0.717, 1.165) is 0 Å². The number of halogens is 1. The zero-order valence-corrected chi connectivity index (χ0v) is 16.1. The van der Waals surface area contributed by atoms with E-state index in [2.05, 4.69) is 5.32 Å². The number of nitrogens with zero attached hydrogens (tertiary/aromatic N) is 2. The van der Waals surface area contributed by atoms with Crippen molar-refractivity contribution in [2.45, 2.75) is 19.8 Å². The Morgan fingerprint density at radius 2 is 1.66 bits per heavy atom. The molecule has 0 radical (unpaired) electrons. The van der Waals surface area contributed by atoms with Crippen LogP contribution < -0.4 is 10.1 Å². The van der Waals surface area contributed by atoms with Gasteiger partial charge in [0.2, 0.25) is 5.91 Å². The summed E-state index contributed by atoms with van der Waals surface area (Å²) in [7, 11) is 0. The van der Waals surface area contributed by atoms with Crippen LogP contribution in [-0.2, 0) is 9.59 Å². The van der Waals surface area contributed by atoms with E-state index in [1.807, 2.05) is 19.1 Å². The Hall–Kier alpha value is -3.71. The first-order valence-corrected chi connectivity index (χ1v) is 9.00. The lowest BCUT2D eigenvalue weighted by atomic mass is 9.75. The van der Waals surface area contributed by atoms with Gasteiger partial charge < -0.3 is 10.1 Å². The maximum Gasteiger partial charge on any atom is 0.235 e. The average molecular weight is 393 g/mol. The minimum Gasteiger partial charge on any atom is -0.494 e. The third-order valence-electron chi connectivity index (χ3n) is 4.40. The van der Waals surface area contributed by atoms with E-state index >= 15 is 0 Å². The van der Waals surface area contributed by atoms with Crippen molar-refractivity contribution in [3.63, 3.8) is 0 Å². The van der Waals surface area contributed by atoms with Crippen molar-refractivity contribution < 1.29 is 18.7 Å². The lowest BCUT2D eigenvalue weighted by Crippen LogP contribution is -2.36. The summed E-state index contributed by atoms with van der Waals surface area (Å²) in [6.07, 6.45) is 0. The second-order valence-electron chi connectivity index (χ2n) is 6.35. The van der Waals surface area contributed by atoms with Crippen molar-refractivity contribution in [2.24, 2.45) is 11.8 Å². The van der Waals surface area contributed by atoms with Crippen molar-refractivity contribution in [1.29, 1.82) is 10.5 Å². The molecule has 0 aliphatic heterocycles. The van der Waals surface area contributed by atoms with E-state index in [0.29, 0.717) is 23.6 Å². The molecule has 29 heavy (non-hydrogen) atoms. The molecule has 0 bridgehead atoms. The molecule has 0 unspecified atom stereocenters. The average Bonchev–Trinajstić information content (AvgIpc) is 2.70. The highest BCUT2D eigenvalue weighted by Gasteiger charge is 2.39. The third kappa shape index (κ3) is 5.40. The number of nitriles is 2. The van der Waals surface area contributed by atoms with Gasteiger partial charge in [-0.1, -0.05) is 12.1 Å². The minimum atomic E-state index is -1.28. The molecule has 0 fully saturated rings. The smallest absolute Gasteiger partial charge is 0.235 e. The molecule has 0 aliphatic carbocycles. The molecule has 2 atom stereocenters. The van der Waals surface area contributed by atoms with E-state index in [1.165, 1.54) is 31.2 Å². The highest BCUT2D eigenvalue weighted by molar-refractivity contribution is 6.07. The fraction of sp³-hybridized carbons (Fsp3) is 0.273. The predicted octanol–water partition coefficient (Wildman–Crippen LogP) is 3.82. The summed E-state index contributed by atoms with van der Waals surface area (Å²) in [5, 5.41) is 21.5. The Morgan fingerprint density at radius 1 is 1.07 bits per heavy atom. The summed E-state index contributed by atoms with van der Waals surface area (Å²) in [5.74, 6) is -4.50. The number of amides is 1. The molecule has 1 N–H and O–H groups in total. The van der Waals surface area contributed by atoms with Crippen LogP contribution in [0.5, 0.6) is 5.75 Å². The van der Waals surface area contributed by atoms with Gasteiger partial charge in [-0.3, -0.25) is 9.59 Å². The number of ketones is 1. The molecule has 0 heterocycles. The standard InChI is InChI=1S/C22H20FN3O3/c1-3-29-19-10-4-15(5-11-19)21(16(12-24)13-25)20(14(2)27)22(28)26-18-8-6-17(23)7-9-18/h4-11,16,20-21H,3H2,1-2H3,(H,26,28)/t20-,21+/m1/s1. The molecule has 2 aromatic rings. The number of benzene rings is 2. The second-order valence-corrected chi connectivity index (χ2v) is 6.35. The zero-order chi connectivity index (χ0) is 21.4. The number of nitrogens with one attached hydrogen (secondary N) is 1. The maximum absolute atomic E-state index is 13.1. The maximum atomic E-state index is 13.1. The Bertz CT molecular complexity index is 929. The molecular weight excluding hydrogens is 373 g/mol. The predicted molar refractivity (Wildman–Crippen MR) is 104 cm³/mol. The molecular formula is C22H20FN3O3. The van der Waals surface area contributed by atoms with Gasteiger partial charge in [-0.05, 0) is 55.8 Å². The van der Waals surface area contributed by atoms with E-state index in [4.69, 9.17) is 4.74 Å². The Kier molecular flexibility index (Phi) is 7.45. The Morgan fingerprint density at radius 3 is 2.14 bits per heavy atom. The van der Waals surface area contributed by atoms with Gasteiger partial charge in [-0.15, -0.1) is 0 Å². The van der Waals surface area contributed by atoms with Crippen molar-refractivity contribution in [3.05, 3.63) is 59.9 Å².